The predicted octanol–water partition coefficient (Wildman–Crippen LogP) is 3.23. The summed E-state index contributed by atoms with van der Waals surface area (Å²) < 4.78 is 23.8. The van der Waals surface area contributed by atoms with E-state index in [0.717, 1.165) is 11.3 Å². The first kappa shape index (κ1) is 14.2. The molecule has 0 amide bonds. The molecule has 0 atom stereocenters. The lowest BCUT2D eigenvalue weighted by atomic mass is 10.1. The molecule has 0 aliphatic rings. The van der Waals surface area contributed by atoms with Gasteiger partial charge < -0.3 is 9.47 Å². The van der Waals surface area contributed by atoms with Gasteiger partial charge in [0.1, 0.15) is 18.2 Å². The Balaban J connectivity index is 1.89. The summed E-state index contributed by atoms with van der Waals surface area (Å²) in [6, 6.07) is 13.2. The second-order valence-corrected chi connectivity index (χ2v) is 4.25. The maximum absolute atomic E-state index is 13.4. The van der Waals surface area contributed by atoms with Gasteiger partial charge in [0, 0.05) is 0 Å². The molecule has 2 aromatic rings. The normalized spacial score (nSPS) is 10.3. The van der Waals surface area contributed by atoms with Gasteiger partial charge in [0.05, 0.1) is 19.3 Å². The van der Waals surface area contributed by atoms with E-state index in [1.807, 2.05) is 24.3 Å². The molecule has 0 aliphatic heterocycles. The number of halogens is 1. The average Bonchev–Trinajstić information content (AvgIpc) is 2.48. The van der Waals surface area contributed by atoms with E-state index in [1.54, 1.807) is 19.2 Å². The Morgan fingerprint density at radius 3 is 2.70 bits per heavy atom. The van der Waals surface area contributed by atoms with E-state index in [1.165, 1.54) is 12.1 Å². The lowest BCUT2D eigenvalue weighted by Crippen LogP contribution is -2.10. The Bertz CT molecular complexity index is 596. The SMILES string of the molecule is COc1cccc(COCC(=O)c2ccccc2F)c1. The molecular formula is C16H15FO3. The molecule has 0 aromatic heterocycles. The Kier molecular flexibility index (Phi) is 4.85. The van der Waals surface area contributed by atoms with E-state index in [4.69, 9.17) is 9.47 Å². The molecule has 0 radical (unpaired) electrons. The third-order valence-electron chi connectivity index (χ3n) is 2.81. The minimum atomic E-state index is -0.525. The van der Waals surface area contributed by atoms with Gasteiger partial charge in [0.2, 0.25) is 0 Å². The molecular weight excluding hydrogens is 259 g/mol. The largest absolute Gasteiger partial charge is 0.497 e. The van der Waals surface area contributed by atoms with E-state index < -0.39 is 5.82 Å². The van der Waals surface area contributed by atoms with Crippen LogP contribution in [-0.2, 0) is 11.3 Å². The van der Waals surface area contributed by atoms with Gasteiger partial charge in [-0.3, -0.25) is 4.79 Å². The topological polar surface area (TPSA) is 35.5 Å². The van der Waals surface area contributed by atoms with E-state index in [-0.39, 0.29) is 24.6 Å². The Morgan fingerprint density at radius 2 is 1.95 bits per heavy atom. The fourth-order valence-corrected chi connectivity index (χ4v) is 1.79. The summed E-state index contributed by atoms with van der Waals surface area (Å²) in [5.74, 6) is -0.167. The van der Waals surface area contributed by atoms with Gasteiger partial charge in [0.15, 0.2) is 5.78 Å². The smallest absolute Gasteiger partial charge is 0.191 e. The fourth-order valence-electron chi connectivity index (χ4n) is 1.79. The Labute approximate surface area is 117 Å². The van der Waals surface area contributed by atoms with Crippen molar-refractivity contribution < 1.29 is 18.7 Å². The van der Waals surface area contributed by atoms with Gasteiger partial charge >= 0.3 is 0 Å². The molecule has 104 valence electrons. The first-order valence-corrected chi connectivity index (χ1v) is 6.19. The standard InChI is InChI=1S/C16H15FO3/c1-19-13-6-4-5-12(9-13)10-20-11-16(18)14-7-2-3-8-15(14)17/h2-9H,10-11H2,1H3. The average molecular weight is 274 g/mol. The van der Waals surface area contributed by atoms with Crippen molar-refractivity contribution in [2.45, 2.75) is 6.61 Å². The first-order chi connectivity index (χ1) is 9.70. The molecule has 2 aromatic carbocycles. The zero-order valence-corrected chi connectivity index (χ0v) is 11.1. The van der Waals surface area contributed by atoms with Crippen molar-refractivity contribution in [1.29, 1.82) is 0 Å². The number of benzene rings is 2. The summed E-state index contributed by atoms with van der Waals surface area (Å²) in [5.41, 5.74) is 0.948. The molecule has 0 saturated carbocycles. The number of carbonyl (C=O) groups excluding carboxylic acids is 1. The van der Waals surface area contributed by atoms with Crippen LogP contribution < -0.4 is 4.74 Å². The molecule has 0 heterocycles. The van der Waals surface area contributed by atoms with Gasteiger partial charge in [-0.1, -0.05) is 24.3 Å². The number of hydrogen-bond donors (Lipinski definition) is 0. The number of rotatable bonds is 6. The minimum Gasteiger partial charge on any atom is -0.497 e. The molecule has 0 unspecified atom stereocenters. The second-order valence-electron chi connectivity index (χ2n) is 4.25. The molecule has 4 heteroatoms. The van der Waals surface area contributed by atoms with E-state index in [0.29, 0.717) is 0 Å². The van der Waals surface area contributed by atoms with Crippen LogP contribution >= 0.6 is 0 Å². The third kappa shape index (κ3) is 3.65. The van der Waals surface area contributed by atoms with Crippen LogP contribution in [0.4, 0.5) is 4.39 Å². The highest BCUT2D eigenvalue weighted by Crippen LogP contribution is 2.13. The summed E-state index contributed by atoms with van der Waals surface area (Å²) >= 11 is 0. The van der Waals surface area contributed by atoms with Crippen molar-refractivity contribution in [3.8, 4) is 5.75 Å². The number of carbonyl (C=O) groups is 1. The lowest BCUT2D eigenvalue weighted by molar-refractivity contribution is 0.0722. The Morgan fingerprint density at radius 1 is 1.15 bits per heavy atom. The zero-order chi connectivity index (χ0) is 14.4. The zero-order valence-electron chi connectivity index (χ0n) is 11.1. The monoisotopic (exact) mass is 274 g/mol. The maximum Gasteiger partial charge on any atom is 0.191 e. The summed E-state index contributed by atoms with van der Waals surface area (Å²) in [5, 5.41) is 0. The van der Waals surface area contributed by atoms with Crippen molar-refractivity contribution in [3.05, 3.63) is 65.5 Å². The van der Waals surface area contributed by atoms with Crippen molar-refractivity contribution in [3.63, 3.8) is 0 Å². The van der Waals surface area contributed by atoms with Gasteiger partial charge in [-0.05, 0) is 29.8 Å². The molecule has 0 saturated heterocycles. The summed E-state index contributed by atoms with van der Waals surface area (Å²) in [7, 11) is 1.58. The first-order valence-electron chi connectivity index (χ1n) is 6.19. The van der Waals surface area contributed by atoms with Crippen LogP contribution in [0.25, 0.3) is 0 Å². The van der Waals surface area contributed by atoms with Crippen molar-refractivity contribution in [2.75, 3.05) is 13.7 Å². The fraction of sp³-hybridized carbons (Fsp3) is 0.188. The van der Waals surface area contributed by atoms with Gasteiger partial charge in [0.25, 0.3) is 0 Å². The summed E-state index contributed by atoms with van der Waals surface area (Å²) in [6.07, 6.45) is 0. The van der Waals surface area contributed by atoms with Crippen LogP contribution in [0, 0.1) is 5.82 Å². The number of Topliss-reactive ketones (excluding diaryl/α,β-unsaturated/α-hetero) is 1. The van der Waals surface area contributed by atoms with Crippen molar-refractivity contribution >= 4 is 5.78 Å². The van der Waals surface area contributed by atoms with Crippen LogP contribution in [0.3, 0.4) is 0 Å². The molecule has 20 heavy (non-hydrogen) atoms. The van der Waals surface area contributed by atoms with Crippen molar-refractivity contribution in [2.24, 2.45) is 0 Å². The van der Waals surface area contributed by atoms with Crippen LogP contribution in [0.1, 0.15) is 15.9 Å². The van der Waals surface area contributed by atoms with Crippen LogP contribution in [0.15, 0.2) is 48.5 Å². The summed E-state index contributed by atoms with van der Waals surface area (Å²) in [6.45, 7) is 0.121. The van der Waals surface area contributed by atoms with Gasteiger partial charge in [-0.15, -0.1) is 0 Å². The molecule has 0 aliphatic carbocycles. The summed E-state index contributed by atoms with van der Waals surface area (Å²) in [4.78, 5) is 11.8. The van der Waals surface area contributed by atoms with Gasteiger partial charge in [-0.2, -0.15) is 0 Å². The maximum atomic E-state index is 13.4. The number of methoxy groups -OCH3 is 1. The third-order valence-corrected chi connectivity index (χ3v) is 2.81. The highest BCUT2D eigenvalue weighted by atomic mass is 19.1. The second kappa shape index (κ2) is 6.82. The predicted molar refractivity (Wildman–Crippen MR) is 73.4 cm³/mol. The number of hydrogen-bond acceptors (Lipinski definition) is 3. The highest BCUT2D eigenvalue weighted by molar-refractivity contribution is 5.97. The molecule has 0 spiro atoms. The highest BCUT2D eigenvalue weighted by Gasteiger charge is 2.10. The number of ketones is 1. The quantitative estimate of drug-likeness (QED) is 0.759. The number of ether oxygens (including phenoxy) is 2. The van der Waals surface area contributed by atoms with Crippen LogP contribution in [0.2, 0.25) is 0 Å². The van der Waals surface area contributed by atoms with Crippen LogP contribution in [-0.4, -0.2) is 19.5 Å². The lowest BCUT2D eigenvalue weighted by Gasteiger charge is -2.06. The van der Waals surface area contributed by atoms with E-state index in [2.05, 4.69) is 0 Å². The molecule has 0 N–H and O–H groups in total. The van der Waals surface area contributed by atoms with Crippen LogP contribution in [0.5, 0.6) is 5.75 Å². The minimum absolute atomic E-state index is 0.0538. The molecule has 3 nitrogen and oxygen atoms in total. The van der Waals surface area contributed by atoms with Gasteiger partial charge in [-0.25, -0.2) is 4.39 Å². The molecule has 2 rings (SSSR count). The Hall–Kier alpha value is -2.20. The van der Waals surface area contributed by atoms with E-state index >= 15 is 0 Å². The van der Waals surface area contributed by atoms with E-state index in [9.17, 15) is 9.18 Å². The van der Waals surface area contributed by atoms with Crippen molar-refractivity contribution in [1.82, 2.24) is 0 Å². The molecule has 0 fully saturated rings. The molecule has 0 bridgehead atoms.